The molecule has 77 heavy (non-hydrogen) atoms. The molecular weight excluding hydrogens is 995 g/mol. The van der Waals surface area contributed by atoms with Crippen molar-refractivity contribution in [2.75, 3.05) is 19.8 Å². The molecular formula is C58H51N3O16. The number of ether oxygens (including phenoxy) is 11. The van der Waals surface area contributed by atoms with E-state index >= 15 is 0 Å². The lowest BCUT2D eigenvalue weighted by Gasteiger charge is -2.51. The summed E-state index contributed by atoms with van der Waals surface area (Å²) in [5.74, 6) is -4.50. The minimum absolute atomic E-state index is 0.0261. The molecule has 11 atom stereocenters. The van der Waals surface area contributed by atoms with Crippen molar-refractivity contribution < 1.29 is 76.1 Å². The number of rotatable bonds is 19. The van der Waals surface area contributed by atoms with E-state index in [1.807, 2.05) is 6.07 Å². The first-order valence-corrected chi connectivity index (χ1v) is 24.5. The van der Waals surface area contributed by atoms with Crippen LogP contribution >= 0.6 is 0 Å². The summed E-state index contributed by atoms with van der Waals surface area (Å²) in [7, 11) is 0. The fourth-order valence-corrected chi connectivity index (χ4v) is 8.85. The van der Waals surface area contributed by atoms with Crippen molar-refractivity contribution >= 4 is 29.8 Å². The standard InChI is InChI=1S/C58H51N3O16/c1-2-32-67-57-49(75-55(66)42-31-19-18-30-41(42)33-60-61-59)48(46-44(70-57)35-69-56(76-46)40-28-16-7-17-29-40)77-58-50(74-54(65)39-26-14-6-15-27-39)47(73-53(64)38-24-12-5-13-25-38)45(72-52(63)37-22-10-4-11-23-37)43(71-58)34-68-51(62)36-20-8-3-9-21-36/h2-31,43-50,56-58H,1,32-35H2/t43-,44-,45-,46-,47+,48+,49-,50-,56-,57+,58+/m1/s1. The Labute approximate surface area is 441 Å². The van der Waals surface area contributed by atoms with Crippen LogP contribution in [0.3, 0.4) is 0 Å². The second kappa shape index (κ2) is 25.8. The van der Waals surface area contributed by atoms with Crippen molar-refractivity contribution in [2.24, 2.45) is 5.11 Å². The van der Waals surface area contributed by atoms with Gasteiger partial charge in [0.15, 0.2) is 43.3 Å². The molecule has 3 aliphatic rings. The molecule has 6 aromatic carbocycles. The predicted molar refractivity (Wildman–Crippen MR) is 271 cm³/mol. The Morgan fingerprint density at radius 1 is 0.558 bits per heavy atom. The molecule has 0 spiro atoms. The highest BCUT2D eigenvalue weighted by Gasteiger charge is 2.59. The van der Waals surface area contributed by atoms with Gasteiger partial charge in [-0.2, -0.15) is 0 Å². The largest absolute Gasteiger partial charge is 0.459 e. The monoisotopic (exact) mass is 1050 g/mol. The molecule has 394 valence electrons. The molecule has 3 heterocycles. The van der Waals surface area contributed by atoms with Gasteiger partial charge >= 0.3 is 29.8 Å². The maximum atomic E-state index is 14.6. The third kappa shape index (κ3) is 13.1. The normalized spacial score (nSPS) is 24.5. The summed E-state index contributed by atoms with van der Waals surface area (Å²) in [6.45, 7) is 2.68. The van der Waals surface area contributed by atoms with E-state index in [2.05, 4.69) is 16.6 Å². The Bertz CT molecular complexity index is 3020. The number of hydrogen-bond donors (Lipinski definition) is 0. The third-order valence-electron chi connectivity index (χ3n) is 12.5. The lowest BCUT2D eigenvalue weighted by molar-refractivity contribution is -0.390. The molecule has 0 amide bonds. The predicted octanol–water partition coefficient (Wildman–Crippen LogP) is 8.71. The maximum Gasteiger partial charge on any atom is 0.338 e. The average molecular weight is 1050 g/mol. The van der Waals surface area contributed by atoms with Gasteiger partial charge in [-0.25, -0.2) is 24.0 Å². The summed E-state index contributed by atoms with van der Waals surface area (Å²) < 4.78 is 70.6. The molecule has 0 aliphatic carbocycles. The summed E-state index contributed by atoms with van der Waals surface area (Å²) >= 11 is 0. The molecule has 0 bridgehead atoms. The van der Waals surface area contributed by atoms with Crippen LogP contribution in [0.5, 0.6) is 0 Å². The summed E-state index contributed by atoms with van der Waals surface area (Å²) in [4.78, 5) is 74.3. The van der Waals surface area contributed by atoms with Crippen LogP contribution in [0.25, 0.3) is 10.4 Å². The molecule has 6 aromatic rings. The quantitative estimate of drug-likeness (QED) is 0.0184. The van der Waals surface area contributed by atoms with Gasteiger partial charge in [0.25, 0.3) is 0 Å². The first-order chi connectivity index (χ1) is 37.7. The topological polar surface area (TPSA) is 236 Å². The molecule has 0 N–H and O–H groups in total. The van der Waals surface area contributed by atoms with Crippen molar-refractivity contribution in [1.82, 2.24) is 0 Å². The molecule has 9 rings (SSSR count). The van der Waals surface area contributed by atoms with Gasteiger partial charge in [0.05, 0.1) is 47.6 Å². The summed E-state index contributed by atoms with van der Waals surface area (Å²) in [5, 5.41) is 3.66. The van der Waals surface area contributed by atoms with Gasteiger partial charge in [-0.3, -0.25) is 0 Å². The SMILES string of the molecule is C=CCO[C@H]1O[C@@H]2CO[C@@H](c3ccccc3)O[C@H]2[C@H](O[C@@H]2O[C@H](COC(=O)c3ccccc3)[C@@H](OC(=O)c3ccccc3)[C@H](OC(=O)c3ccccc3)[C@H]2OC(=O)c2ccccc2)[C@H]1OC(=O)c1ccccc1CN=[N+]=[N-]. The van der Waals surface area contributed by atoms with E-state index < -0.39 is 104 Å². The Kier molecular flexibility index (Phi) is 17.9. The highest BCUT2D eigenvalue weighted by atomic mass is 16.8. The van der Waals surface area contributed by atoms with E-state index in [-0.39, 0.29) is 47.6 Å². The fraction of sp³-hybridized carbons (Fsp3) is 0.259. The van der Waals surface area contributed by atoms with Crippen LogP contribution in [-0.2, 0) is 58.7 Å². The van der Waals surface area contributed by atoms with Crippen molar-refractivity contribution in [3.05, 3.63) is 238 Å². The van der Waals surface area contributed by atoms with Crippen LogP contribution in [0.15, 0.2) is 194 Å². The lowest BCUT2D eigenvalue weighted by Crippen LogP contribution is -2.68. The molecule has 3 saturated heterocycles. The zero-order chi connectivity index (χ0) is 53.5. The number of hydrogen-bond acceptors (Lipinski definition) is 17. The van der Waals surface area contributed by atoms with Gasteiger partial charge in [0, 0.05) is 10.5 Å². The van der Waals surface area contributed by atoms with E-state index in [4.69, 9.17) is 52.1 Å². The molecule has 0 radical (unpaired) electrons. The average Bonchev–Trinajstić information content (AvgIpc) is 3.57. The zero-order valence-electron chi connectivity index (χ0n) is 41.1. The Hall–Kier alpha value is -8.52. The van der Waals surface area contributed by atoms with Gasteiger partial charge in [-0.05, 0) is 65.7 Å². The van der Waals surface area contributed by atoms with E-state index in [0.29, 0.717) is 11.1 Å². The molecule has 19 nitrogen and oxygen atoms in total. The van der Waals surface area contributed by atoms with Crippen LogP contribution in [-0.4, -0.2) is 111 Å². The van der Waals surface area contributed by atoms with Crippen LogP contribution in [0.1, 0.15) is 69.2 Å². The van der Waals surface area contributed by atoms with Crippen LogP contribution < -0.4 is 0 Å². The Balaban J connectivity index is 1.19. The van der Waals surface area contributed by atoms with Gasteiger partial charge in [0.2, 0.25) is 0 Å². The van der Waals surface area contributed by atoms with Gasteiger partial charge in [-0.1, -0.05) is 133 Å². The van der Waals surface area contributed by atoms with Crippen molar-refractivity contribution in [1.29, 1.82) is 0 Å². The van der Waals surface area contributed by atoms with Crippen LogP contribution in [0.2, 0.25) is 0 Å². The van der Waals surface area contributed by atoms with Crippen LogP contribution in [0, 0.1) is 0 Å². The van der Waals surface area contributed by atoms with Crippen LogP contribution in [0.4, 0.5) is 0 Å². The maximum absolute atomic E-state index is 14.6. The van der Waals surface area contributed by atoms with E-state index in [1.165, 1.54) is 60.7 Å². The Morgan fingerprint density at radius 2 is 1.05 bits per heavy atom. The number of esters is 5. The number of benzene rings is 6. The number of fused-ring (bicyclic) bond motifs is 1. The van der Waals surface area contributed by atoms with E-state index in [1.54, 1.807) is 115 Å². The second-order valence-electron chi connectivity index (χ2n) is 17.6. The van der Waals surface area contributed by atoms with Crippen molar-refractivity contribution in [3.63, 3.8) is 0 Å². The van der Waals surface area contributed by atoms with Crippen molar-refractivity contribution in [3.8, 4) is 0 Å². The smallest absolute Gasteiger partial charge is 0.338 e. The lowest BCUT2D eigenvalue weighted by atomic mass is 9.95. The molecule has 0 saturated carbocycles. The molecule has 3 fully saturated rings. The minimum Gasteiger partial charge on any atom is -0.459 e. The summed E-state index contributed by atoms with van der Waals surface area (Å²) in [5.41, 5.74) is 10.5. The molecule has 0 aromatic heterocycles. The number of nitrogens with zero attached hydrogens (tertiary/aromatic N) is 3. The summed E-state index contributed by atoms with van der Waals surface area (Å²) in [6.07, 6.45) is -15.2. The van der Waals surface area contributed by atoms with Gasteiger partial charge in [-0.15, -0.1) is 6.58 Å². The molecule has 3 aliphatic heterocycles. The first kappa shape index (κ1) is 53.3. The number of azide groups is 1. The number of carbonyl (C=O) groups excluding carboxylic acids is 5. The minimum atomic E-state index is -1.90. The highest BCUT2D eigenvalue weighted by molar-refractivity contribution is 5.92. The summed E-state index contributed by atoms with van der Waals surface area (Å²) in [6, 6.07) is 47.1. The third-order valence-corrected chi connectivity index (χ3v) is 12.5. The fourth-order valence-electron chi connectivity index (χ4n) is 8.85. The highest BCUT2D eigenvalue weighted by Crippen LogP contribution is 2.40. The second-order valence-corrected chi connectivity index (χ2v) is 17.6. The van der Waals surface area contributed by atoms with Gasteiger partial charge in [0.1, 0.15) is 31.0 Å². The zero-order valence-corrected chi connectivity index (χ0v) is 41.1. The van der Waals surface area contributed by atoms with Crippen molar-refractivity contribution in [2.45, 2.75) is 74.2 Å². The first-order valence-electron chi connectivity index (χ1n) is 24.5. The number of carbonyl (C=O) groups is 5. The van der Waals surface area contributed by atoms with E-state index in [9.17, 15) is 29.5 Å². The van der Waals surface area contributed by atoms with E-state index in [0.717, 1.165) is 0 Å². The van der Waals surface area contributed by atoms with Gasteiger partial charge < -0.3 is 52.1 Å². The molecule has 0 unspecified atom stereocenters. The Morgan fingerprint density at radius 3 is 1.62 bits per heavy atom. The molecule has 19 heteroatoms.